The van der Waals surface area contributed by atoms with Crippen molar-refractivity contribution in [2.24, 2.45) is 0 Å². The number of carboxylic acid groups (broad SMARTS) is 1. The number of aryl methyl sites for hydroxylation is 2. The number of carboxylic acids is 1. The number of aromatic carboxylic acids is 1. The van der Waals surface area contributed by atoms with E-state index in [1.54, 1.807) is 37.3 Å². The maximum Gasteiger partial charge on any atom is 0.337 e. The van der Waals surface area contributed by atoms with Crippen LogP contribution >= 0.6 is 0 Å². The van der Waals surface area contributed by atoms with Crippen LogP contribution in [-0.2, 0) is 0 Å². The van der Waals surface area contributed by atoms with Gasteiger partial charge < -0.3 is 10.4 Å². The smallest absolute Gasteiger partial charge is 0.337 e. The first-order chi connectivity index (χ1) is 8.56. The summed E-state index contributed by atoms with van der Waals surface area (Å²) in [6.45, 7) is 3.66. The molecule has 0 amide bonds. The molecule has 18 heavy (non-hydrogen) atoms. The van der Waals surface area contributed by atoms with Crippen LogP contribution in [-0.4, -0.2) is 21.0 Å². The molecule has 1 heterocycles. The summed E-state index contributed by atoms with van der Waals surface area (Å²) in [5.41, 5.74) is 1.56. The first-order valence-electron chi connectivity index (χ1n) is 5.48. The van der Waals surface area contributed by atoms with Crippen molar-refractivity contribution in [3.05, 3.63) is 47.4 Å². The number of anilines is 2. The summed E-state index contributed by atoms with van der Waals surface area (Å²) in [6.07, 6.45) is 0. The summed E-state index contributed by atoms with van der Waals surface area (Å²) >= 11 is 0. The minimum absolute atomic E-state index is 0.214. The second kappa shape index (κ2) is 4.83. The quantitative estimate of drug-likeness (QED) is 0.866. The molecule has 0 saturated carbocycles. The second-order valence-electron chi connectivity index (χ2n) is 3.92. The van der Waals surface area contributed by atoms with Gasteiger partial charge in [-0.05, 0) is 26.0 Å². The van der Waals surface area contributed by atoms with Crippen molar-refractivity contribution in [1.82, 2.24) is 9.97 Å². The van der Waals surface area contributed by atoms with E-state index in [1.807, 2.05) is 6.92 Å². The van der Waals surface area contributed by atoms with Gasteiger partial charge in [0.2, 0.25) is 0 Å². The zero-order valence-electron chi connectivity index (χ0n) is 10.1. The Morgan fingerprint density at radius 3 is 2.61 bits per heavy atom. The van der Waals surface area contributed by atoms with Crippen molar-refractivity contribution in [1.29, 1.82) is 0 Å². The number of aromatic nitrogens is 2. The molecule has 2 rings (SSSR count). The Balaban J connectivity index is 2.37. The fourth-order valence-corrected chi connectivity index (χ4v) is 1.70. The molecule has 0 saturated heterocycles. The van der Waals surface area contributed by atoms with E-state index in [9.17, 15) is 4.79 Å². The second-order valence-corrected chi connectivity index (χ2v) is 3.92. The fraction of sp³-hybridized carbons (Fsp3) is 0.154. The highest BCUT2D eigenvalue weighted by molar-refractivity contribution is 5.94. The van der Waals surface area contributed by atoms with E-state index in [4.69, 9.17) is 5.11 Å². The van der Waals surface area contributed by atoms with Crippen LogP contribution in [0.1, 0.15) is 21.9 Å². The molecule has 0 unspecified atom stereocenters. The van der Waals surface area contributed by atoms with E-state index in [1.165, 1.54) is 0 Å². The van der Waals surface area contributed by atoms with Gasteiger partial charge in [0.05, 0.1) is 11.3 Å². The monoisotopic (exact) mass is 243 g/mol. The van der Waals surface area contributed by atoms with Gasteiger partial charge in [0.15, 0.2) is 0 Å². The Kier molecular flexibility index (Phi) is 3.23. The summed E-state index contributed by atoms with van der Waals surface area (Å²) in [6, 6.07) is 8.48. The van der Waals surface area contributed by atoms with Gasteiger partial charge in [0.25, 0.3) is 0 Å². The molecular weight excluding hydrogens is 230 g/mol. The van der Waals surface area contributed by atoms with Crippen molar-refractivity contribution in [3.63, 3.8) is 0 Å². The largest absolute Gasteiger partial charge is 0.478 e. The molecule has 92 valence electrons. The number of benzene rings is 1. The van der Waals surface area contributed by atoms with Crippen molar-refractivity contribution in [2.45, 2.75) is 13.8 Å². The highest BCUT2D eigenvalue weighted by Crippen LogP contribution is 2.19. The van der Waals surface area contributed by atoms with Crippen molar-refractivity contribution in [2.75, 3.05) is 5.32 Å². The standard InChI is InChI=1S/C13H13N3O2/c1-8-7-12(15-9(2)14-8)16-11-6-4-3-5-10(11)13(17)18/h3-7H,1-2H3,(H,17,18)(H,14,15,16). The third kappa shape index (κ3) is 2.63. The van der Waals surface area contributed by atoms with Crippen LogP contribution in [0.4, 0.5) is 11.5 Å². The molecule has 0 fully saturated rings. The summed E-state index contributed by atoms with van der Waals surface area (Å²) in [7, 11) is 0. The third-order valence-electron chi connectivity index (χ3n) is 2.39. The van der Waals surface area contributed by atoms with Gasteiger partial charge >= 0.3 is 5.97 Å². The molecule has 0 radical (unpaired) electrons. The van der Waals surface area contributed by atoms with E-state index >= 15 is 0 Å². The van der Waals surface area contributed by atoms with Crippen LogP contribution in [0.2, 0.25) is 0 Å². The number of para-hydroxylation sites is 1. The van der Waals surface area contributed by atoms with Crippen LogP contribution in [0.5, 0.6) is 0 Å². The Morgan fingerprint density at radius 1 is 1.22 bits per heavy atom. The number of hydrogen-bond donors (Lipinski definition) is 2. The lowest BCUT2D eigenvalue weighted by Crippen LogP contribution is -2.04. The molecule has 0 atom stereocenters. The molecule has 0 bridgehead atoms. The summed E-state index contributed by atoms with van der Waals surface area (Å²) in [5, 5.41) is 12.1. The van der Waals surface area contributed by atoms with Gasteiger partial charge in [-0.25, -0.2) is 14.8 Å². The van der Waals surface area contributed by atoms with Gasteiger partial charge in [-0.3, -0.25) is 0 Å². The highest BCUT2D eigenvalue weighted by atomic mass is 16.4. The normalized spacial score (nSPS) is 10.1. The van der Waals surface area contributed by atoms with Gasteiger partial charge in [-0.1, -0.05) is 12.1 Å². The predicted molar refractivity (Wildman–Crippen MR) is 68.2 cm³/mol. The van der Waals surface area contributed by atoms with Crippen LogP contribution in [0.25, 0.3) is 0 Å². The maximum atomic E-state index is 11.1. The molecule has 2 N–H and O–H groups in total. The van der Waals surface area contributed by atoms with Gasteiger partial charge in [-0.15, -0.1) is 0 Å². The molecular formula is C13H13N3O2. The van der Waals surface area contributed by atoms with E-state index in [-0.39, 0.29) is 5.56 Å². The fourth-order valence-electron chi connectivity index (χ4n) is 1.70. The molecule has 1 aromatic carbocycles. The molecule has 0 aliphatic rings. The highest BCUT2D eigenvalue weighted by Gasteiger charge is 2.09. The topological polar surface area (TPSA) is 75.1 Å². The van der Waals surface area contributed by atoms with E-state index < -0.39 is 5.97 Å². The Morgan fingerprint density at radius 2 is 1.94 bits per heavy atom. The van der Waals surface area contributed by atoms with Crippen LogP contribution in [0, 0.1) is 13.8 Å². The average molecular weight is 243 g/mol. The van der Waals surface area contributed by atoms with Crippen molar-refractivity contribution >= 4 is 17.5 Å². The van der Waals surface area contributed by atoms with Crippen LogP contribution < -0.4 is 5.32 Å². The predicted octanol–water partition coefficient (Wildman–Crippen LogP) is 2.54. The molecule has 5 nitrogen and oxygen atoms in total. The van der Waals surface area contributed by atoms with E-state index in [2.05, 4.69) is 15.3 Å². The third-order valence-corrected chi connectivity index (χ3v) is 2.39. The lowest BCUT2D eigenvalue weighted by atomic mass is 10.2. The minimum atomic E-state index is -0.972. The molecule has 0 aliphatic carbocycles. The molecule has 1 aromatic heterocycles. The van der Waals surface area contributed by atoms with Gasteiger partial charge in [0.1, 0.15) is 11.6 Å². The Hall–Kier alpha value is -2.43. The number of nitrogens with one attached hydrogen (secondary N) is 1. The number of hydrogen-bond acceptors (Lipinski definition) is 4. The van der Waals surface area contributed by atoms with E-state index in [0.29, 0.717) is 17.3 Å². The molecule has 0 aliphatic heterocycles. The average Bonchev–Trinajstić information content (AvgIpc) is 2.27. The van der Waals surface area contributed by atoms with Crippen molar-refractivity contribution < 1.29 is 9.90 Å². The Bertz CT molecular complexity index is 576. The van der Waals surface area contributed by atoms with Gasteiger partial charge in [0, 0.05) is 11.8 Å². The molecule has 2 aromatic rings. The SMILES string of the molecule is Cc1cc(Nc2ccccc2C(=O)O)nc(C)n1. The lowest BCUT2D eigenvalue weighted by Gasteiger charge is -2.09. The Labute approximate surface area is 105 Å². The van der Waals surface area contributed by atoms with Crippen LogP contribution in [0.3, 0.4) is 0 Å². The maximum absolute atomic E-state index is 11.1. The number of nitrogens with zero attached hydrogens (tertiary/aromatic N) is 2. The first-order valence-corrected chi connectivity index (χ1v) is 5.48. The summed E-state index contributed by atoms with van der Waals surface area (Å²) < 4.78 is 0. The van der Waals surface area contributed by atoms with Crippen molar-refractivity contribution in [3.8, 4) is 0 Å². The zero-order chi connectivity index (χ0) is 13.1. The molecule has 5 heteroatoms. The molecule has 0 spiro atoms. The lowest BCUT2D eigenvalue weighted by molar-refractivity contribution is 0.0698. The number of carbonyl (C=O) groups is 1. The van der Waals surface area contributed by atoms with E-state index in [0.717, 1.165) is 5.69 Å². The van der Waals surface area contributed by atoms with Gasteiger partial charge in [-0.2, -0.15) is 0 Å². The first kappa shape index (κ1) is 12.0. The summed E-state index contributed by atoms with van der Waals surface area (Å²) in [4.78, 5) is 19.5. The number of rotatable bonds is 3. The summed E-state index contributed by atoms with van der Waals surface area (Å²) in [5.74, 6) is 0.264. The minimum Gasteiger partial charge on any atom is -0.478 e. The van der Waals surface area contributed by atoms with Crippen LogP contribution in [0.15, 0.2) is 30.3 Å². The zero-order valence-corrected chi connectivity index (χ0v) is 10.1.